The van der Waals surface area contributed by atoms with Crippen molar-refractivity contribution >= 4 is 35.7 Å². The minimum absolute atomic E-state index is 0.0198. The summed E-state index contributed by atoms with van der Waals surface area (Å²) in [7, 11) is 0. The zero-order valence-corrected chi connectivity index (χ0v) is 21.9. The van der Waals surface area contributed by atoms with Gasteiger partial charge in [-0.1, -0.05) is 13.8 Å². The number of likely N-dealkylation sites (tertiary alicyclic amines) is 1. The molecule has 36 heavy (non-hydrogen) atoms. The topological polar surface area (TPSA) is 160 Å². The van der Waals surface area contributed by atoms with Gasteiger partial charge in [0.25, 0.3) is 5.91 Å². The monoisotopic (exact) mass is 510 g/mol. The van der Waals surface area contributed by atoms with Crippen LogP contribution in [-0.4, -0.2) is 77.0 Å². The van der Waals surface area contributed by atoms with Crippen molar-refractivity contribution in [2.45, 2.75) is 96.9 Å². The molecule has 0 aromatic rings. The fourth-order valence-electron chi connectivity index (χ4n) is 4.16. The van der Waals surface area contributed by atoms with Gasteiger partial charge in [-0.2, -0.15) is 0 Å². The molecule has 0 aromatic heterocycles. The van der Waals surface area contributed by atoms with Crippen LogP contribution in [0.4, 0.5) is 4.79 Å². The smallest absolute Gasteiger partial charge is 0.408 e. The molecule has 0 aromatic carbocycles. The number of hydrogen-bond donors (Lipinski definition) is 3. The average Bonchev–Trinajstić information content (AvgIpc) is 3.22. The van der Waals surface area contributed by atoms with Crippen molar-refractivity contribution in [2.24, 2.45) is 5.92 Å². The molecule has 12 nitrogen and oxygen atoms in total. The number of alkyl carbamates (subject to hydrolysis) is 1. The maximum atomic E-state index is 13.4. The quantitative estimate of drug-likeness (QED) is 0.334. The van der Waals surface area contributed by atoms with Crippen LogP contribution in [0.5, 0.6) is 0 Å². The van der Waals surface area contributed by atoms with Gasteiger partial charge in [0.2, 0.25) is 11.8 Å². The summed E-state index contributed by atoms with van der Waals surface area (Å²) in [6.45, 7) is 10.5. The summed E-state index contributed by atoms with van der Waals surface area (Å²) in [4.78, 5) is 76.6. The molecule has 3 N–H and O–H groups in total. The van der Waals surface area contributed by atoms with Gasteiger partial charge in [-0.3, -0.25) is 24.5 Å². The number of amides is 5. The van der Waals surface area contributed by atoms with Crippen LogP contribution in [0.15, 0.2) is 0 Å². The van der Waals surface area contributed by atoms with Gasteiger partial charge in [0.15, 0.2) is 0 Å². The lowest BCUT2D eigenvalue weighted by molar-refractivity contribution is -0.157. The van der Waals surface area contributed by atoms with E-state index in [-0.39, 0.29) is 25.4 Å². The summed E-state index contributed by atoms with van der Waals surface area (Å²) < 4.78 is 9.87. The van der Waals surface area contributed by atoms with Gasteiger partial charge < -0.3 is 25.0 Å². The highest BCUT2D eigenvalue weighted by atomic mass is 16.6. The van der Waals surface area contributed by atoms with Crippen molar-refractivity contribution in [3.05, 3.63) is 0 Å². The molecule has 1 aliphatic carbocycles. The number of ether oxygens (including phenoxy) is 2. The number of carbonyl (C=O) groups is 6. The number of esters is 1. The highest BCUT2D eigenvalue weighted by molar-refractivity contribution is 6.35. The lowest BCUT2D eigenvalue weighted by Crippen LogP contribution is -2.66. The Morgan fingerprint density at radius 1 is 1.06 bits per heavy atom. The second-order valence-corrected chi connectivity index (χ2v) is 10.5. The zero-order valence-electron chi connectivity index (χ0n) is 21.9. The third-order valence-corrected chi connectivity index (χ3v) is 6.14. The van der Waals surface area contributed by atoms with Crippen LogP contribution in [0.2, 0.25) is 0 Å². The Balaban J connectivity index is 2.10. The van der Waals surface area contributed by atoms with Crippen LogP contribution in [0, 0.1) is 5.92 Å². The van der Waals surface area contributed by atoms with Crippen LogP contribution in [0.25, 0.3) is 0 Å². The average molecular weight is 511 g/mol. The fraction of sp³-hybridized carbons (Fsp3) is 0.750. The third kappa shape index (κ3) is 7.17. The van der Waals surface area contributed by atoms with E-state index < -0.39 is 58.9 Å². The maximum Gasteiger partial charge on any atom is 0.408 e. The molecular weight excluding hydrogens is 472 g/mol. The molecule has 202 valence electrons. The first-order chi connectivity index (χ1) is 16.7. The Morgan fingerprint density at radius 2 is 1.69 bits per heavy atom. The maximum absolute atomic E-state index is 13.4. The Labute approximate surface area is 211 Å². The number of nitrogens with zero attached hydrogens (tertiary/aromatic N) is 1. The van der Waals surface area contributed by atoms with Gasteiger partial charge in [-0.15, -0.1) is 0 Å². The van der Waals surface area contributed by atoms with Crippen LogP contribution in [0.1, 0.15) is 73.6 Å². The van der Waals surface area contributed by atoms with Crippen molar-refractivity contribution in [1.29, 1.82) is 0 Å². The SMILES string of the molecule is CCOC(=O)C(=O)NC(=O)C1(NC(=O)[C@@H]2CCCN2C(=O)[C@@H](NC(=O)OC(C)(C)C)C(C)C)CCC1. The second kappa shape index (κ2) is 11.7. The molecule has 0 radical (unpaired) electrons. The van der Waals surface area contributed by atoms with Crippen molar-refractivity contribution in [3.8, 4) is 0 Å². The van der Waals surface area contributed by atoms with Crippen LogP contribution in [-0.2, 0) is 33.4 Å². The lowest BCUT2D eigenvalue weighted by atomic mass is 9.75. The largest absolute Gasteiger partial charge is 0.459 e. The minimum Gasteiger partial charge on any atom is -0.459 e. The first kappa shape index (κ1) is 29.1. The molecule has 12 heteroatoms. The summed E-state index contributed by atoms with van der Waals surface area (Å²) in [5.41, 5.74) is -2.08. The molecule has 2 fully saturated rings. The first-order valence-corrected chi connectivity index (χ1v) is 12.4. The summed E-state index contributed by atoms with van der Waals surface area (Å²) in [6.07, 6.45) is 1.44. The van der Waals surface area contributed by atoms with E-state index in [0.29, 0.717) is 25.8 Å². The molecule has 2 aliphatic rings. The highest BCUT2D eigenvalue weighted by Gasteiger charge is 2.49. The molecule has 0 unspecified atom stereocenters. The van der Waals surface area contributed by atoms with E-state index in [1.807, 2.05) is 5.32 Å². The van der Waals surface area contributed by atoms with Crippen molar-refractivity contribution < 1.29 is 38.2 Å². The van der Waals surface area contributed by atoms with E-state index in [1.165, 1.54) is 11.8 Å². The Hall–Kier alpha value is -3.18. The van der Waals surface area contributed by atoms with E-state index in [2.05, 4.69) is 15.4 Å². The molecule has 5 amide bonds. The number of rotatable bonds is 7. The van der Waals surface area contributed by atoms with Gasteiger partial charge in [-0.25, -0.2) is 9.59 Å². The summed E-state index contributed by atoms with van der Waals surface area (Å²) in [5, 5.41) is 7.32. The summed E-state index contributed by atoms with van der Waals surface area (Å²) in [6, 6.07) is -1.75. The van der Waals surface area contributed by atoms with Gasteiger partial charge in [-0.05, 0) is 65.7 Å². The number of imide groups is 1. The molecule has 1 saturated heterocycles. The number of nitrogens with one attached hydrogen (secondary N) is 3. The van der Waals surface area contributed by atoms with Crippen molar-refractivity contribution in [1.82, 2.24) is 20.9 Å². The van der Waals surface area contributed by atoms with E-state index in [0.717, 1.165) is 0 Å². The van der Waals surface area contributed by atoms with Crippen LogP contribution < -0.4 is 16.0 Å². The van der Waals surface area contributed by atoms with Gasteiger partial charge in [0.05, 0.1) is 6.61 Å². The molecule has 0 bridgehead atoms. The predicted octanol–water partition coefficient (Wildman–Crippen LogP) is 0.772. The summed E-state index contributed by atoms with van der Waals surface area (Å²) >= 11 is 0. The van der Waals surface area contributed by atoms with E-state index in [4.69, 9.17) is 4.74 Å². The zero-order chi connectivity index (χ0) is 27.3. The molecular formula is C24H38N4O8. The number of carbonyl (C=O) groups excluding carboxylic acids is 6. The minimum atomic E-state index is -1.34. The predicted molar refractivity (Wildman–Crippen MR) is 127 cm³/mol. The Morgan fingerprint density at radius 3 is 2.19 bits per heavy atom. The Kier molecular flexibility index (Phi) is 9.44. The molecule has 1 heterocycles. The molecule has 1 saturated carbocycles. The van der Waals surface area contributed by atoms with Gasteiger partial charge >= 0.3 is 18.0 Å². The van der Waals surface area contributed by atoms with E-state index >= 15 is 0 Å². The fourth-order valence-corrected chi connectivity index (χ4v) is 4.16. The Bertz CT molecular complexity index is 891. The van der Waals surface area contributed by atoms with E-state index in [1.54, 1.807) is 34.6 Å². The molecule has 0 spiro atoms. The van der Waals surface area contributed by atoms with Gasteiger partial charge in [0.1, 0.15) is 23.2 Å². The highest BCUT2D eigenvalue weighted by Crippen LogP contribution is 2.33. The van der Waals surface area contributed by atoms with Crippen LogP contribution in [0.3, 0.4) is 0 Å². The molecule has 2 atom stereocenters. The number of hydrogen-bond acceptors (Lipinski definition) is 8. The van der Waals surface area contributed by atoms with Crippen molar-refractivity contribution in [2.75, 3.05) is 13.2 Å². The second-order valence-electron chi connectivity index (χ2n) is 10.5. The van der Waals surface area contributed by atoms with Crippen molar-refractivity contribution in [3.63, 3.8) is 0 Å². The molecule has 1 aliphatic heterocycles. The summed E-state index contributed by atoms with van der Waals surface area (Å²) in [5.74, 6) is -4.39. The lowest BCUT2D eigenvalue weighted by Gasteiger charge is -2.41. The first-order valence-electron chi connectivity index (χ1n) is 12.4. The standard InChI is InChI=1S/C24H38N4O8/c1-7-35-20(32)18(30)26-21(33)24(11-9-12-24)27-17(29)15-10-8-13-28(15)19(31)16(14(2)3)25-22(34)36-23(4,5)6/h14-16H,7-13H2,1-6H3,(H,25,34)(H,27,29)(H,26,30,33)/t15-,16-/m0/s1. The molecule has 2 rings (SSSR count). The van der Waals surface area contributed by atoms with Gasteiger partial charge in [0, 0.05) is 6.54 Å². The van der Waals surface area contributed by atoms with E-state index in [9.17, 15) is 28.8 Å². The third-order valence-electron chi connectivity index (χ3n) is 6.14. The van der Waals surface area contributed by atoms with Crippen LogP contribution >= 0.6 is 0 Å². The normalized spacial score (nSPS) is 19.5.